The van der Waals surface area contributed by atoms with Crippen LogP contribution in [0.25, 0.3) is 0 Å². The first kappa shape index (κ1) is 14.9. The molecule has 0 aliphatic carbocycles. The molecule has 1 aliphatic heterocycles. The minimum atomic E-state index is -0.223. The largest absolute Gasteiger partial charge is 0.379 e. The number of carbonyl (C=O) groups is 1. The zero-order chi connectivity index (χ0) is 14.4. The summed E-state index contributed by atoms with van der Waals surface area (Å²) in [5, 5.41) is 6.01. The molecule has 2 amide bonds. The van der Waals surface area contributed by atoms with Crippen LogP contribution in [0, 0.1) is 0 Å². The summed E-state index contributed by atoms with van der Waals surface area (Å²) < 4.78 is 5.25. The average molecular weight is 276 g/mol. The van der Waals surface area contributed by atoms with Gasteiger partial charge in [0.25, 0.3) is 0 Å². The maximum atomic E-state index is 11.9. The second-order valence-corrected chi connectivity index (χ2v) is 6.03. The highest BCUT2D eigenvalue weighted by molar-refractivity contribution is 5.75. The molecule has 4 nitrogen and oxygen atoms in total. The molecule has 0 spiro atoms. The standard InChI is InChI=1S/C16H24N2O2/c1-16(2,10-8-13-6-4-3-5-7-13)18-15(19)17-14-9-11-20-12-14/h3-7,14H,8-12H2,1-2H3,(H2,17,18,19). The fourth-order valence-electron chi connectivity index (χ4n) is 2.34. The zero-order valence-electron chi connectivity index (χ0n) is 12.3. The van der Waals surface area contributed by atoms with E-state index in [1.165, 1.54) is 5.56 Å². The van der Waals surface area contributed by atoms with E-state index in [0.717, 1.165) is 25.9 Å². The summed E-state index contributed by atoms with van der Waals surface area (Å²) in [5.41, 5.74) is 1.08. The Morgan fingerprint density at radius 3 is 2.75 bits per heavy atom. The molecule has 0 bridgehead atoms. The van der Waals surface area contributed by atoms with E-state index in [-0.39, 0.29) is 17.6 Å². The van der Waals surface area contributed by atoms with E-state index in [0.29, 0.717) is 6.61 Å². The van der Waals surface area contributed by atoms with Crippen molar-refractivity contribution in [2.75, 3.05) is 13.2 Å². The van der Waals surface area contributed by atoms with Crippen molar-refractivity contribution in [1.82, 2.24) is 10.6 Å². The third-order valence-electron chi connectivity index (χ3n) is 3.60. The molecule has 0 saturated carbocycles. The van der Waals surface area contributed by atoms with E-state index in [1.54, 1.807) is 0 Å². The van der Waals surface area contributed by atoms with Gasteiger partial charge in [0, 0.05) is 12.1 Å². The van der Waals surface area contributed by atoms with Crippen molar-refractivity contribution < 1.29 is 9.53 Å². The Bertz CT molecular complexity index is 425. The Morgan fingerprint density at radius 2 is 2.10 bits per heavy atom. The number of hydrogen-bond acceptors (Lipinski definition) is 2. The highest BCUT2D eigenvalue weighted by Crippen LogP contribution is 2.13. The van der Waals surface area contributed by atoms with Crippen LogP contribution in [0.2, 0.25) is 0 Å². The summed E-state index contributed by atoms with van der Waals surface area (Å²) in [4.78, 5) is 11.9. The van der Waals surface area contributed by atoms with Crippen molar-refractivity contribution in [1.29, 1.82) is 0 Å². The summed E-state index contributed by atoms with van der Waals surface area (Å²) in [6.07, 6.45) is 2.77. The summed E-state index contributed by atoms with van der Waals surface area (Å²) in [6, 6.07) is 10.4. The summed E-state index contributed by atoms with van der Waals surface area (Å²) in [6.45, 7) is 5.47. The normalized spacial score (nSPS) is 18.8. The maximum Gasteiger partial charge on any atom is 0.315 e. The van der Waals surface area contributed by atoms with Crippen LogP contribution in [0.15, 0.2) is 30.3 Å². The van der Waals surface area contributed by atoms with E-state index in [1.807, 2.05) is 18.2 Å². The molecule has 1 aromatic rings. The second-order valence-electron chi connectivity index (χ2n) is 6.03. The van der Waals surface area contributed by atoms with Crippen LogP contribution in [0.4, 0.5) is 4.79 Å². The molecule has 2 rings (SSSR count). The van der Waals surface area contributed by atoms with Crippen molar-refractivity contribution in [2.45, 2.75) is 44.7 Å². The number of aryl methyl sites for hydroxylation is 1. The Kier molecular flexibility index (Phi) is 5.01. The van der Waals surface area contributed by atoms with Crippen molar-refractivity contribution in [3.8, 4) is 0 Å². The first-order valence-corrected chi connectivity index (χ1v) is 7.25. The Balaban J connectivity index is 1.76. The van der Waals surface area contributed by atoms with Gasteiger partial charge in [0.15, 0.2) is 0 Å². The minimum Gasteiger partial charge on any atom is -0.379 e. The Morgan fingerprint density at radius 1 is 1.35 bits per heavy atom. The molecule has 1 aliphatic rings. The third kappa shape index (κ3) is 4.85. The van der Waals surface area contributed by atoms with Crippen molar-refractivity contribution in [3.05, 3.63) is 35.9 Å². The lowest BCUT2D eigenvalue weighted by atomic mass is 9.95. The molecule has 1 heterocycles. The number of ether oxygens (including phenoxy) is 1. The topological polar surface area (TPSA) is 50.4 Å². The predicted octanol–water partition coefficient (Wildman–Crippen LogP) is 2.49. The highest BCUT2D eigenvalue weighted by atomic mass is 16.5. The van der Waals surface area contributed by atoms with Crippen molar-refractivity contribution in [3.63, 3.8) is 0 Å². The van der Waals surface area contributed by atoms with Crippen LogP contribution in [0.1, 0.15) is 32.3 Å². The predicted molar refractivity (Wildman–Crippen MR) is 79.7 cm³/mol. The van der Waals surface area contributed by atoms with Gasteiger partial charge in [0.2, 0.25) is 0 Å². The van der Waals surface area contributed by atoms with Gasteiger partial charge in [0.05, 0.1) is 12.6 Å². The van der Waals surface area contributed by atoms with Gasteiger partial charge in [-0.25, -0.2) is 4.79 Å². The molecular weight excluding hydrogens is 252 g/mol. The second kappa shape index (κ2) is 6.75. The van der Waals surface area contributed by atoms with E-state index in [9.17, 15) is 4.79 Å². The van der Waals surface area contributed by atoms with Crippen molar-refractivity contribution in [2.24, 2.45) is 0 Å². The monoisotopic (exact) mass is 276 g/mol. The van der Waals surface area contributed by atoms with Gasteiger partial charge in [-0.15, -0.1) is 0 Å². The SMILES string of the molecule is CC(C)(CCc1ccccc1)NC(=O)NC1CCOC1. The minimum absolute atomic E-state index is 0.0986. The number of amides is 2. The first-order valence-electron chi connectivity index (χ1n) is 7.25. The number of hydrogen-bond donors (Lipinski definition) is 2. The van der Waals surface area contributed by atoms with E-state index < -0.39 is 0 Å². The van der Waals surface area contributed by atoms with E-state index in [4.69, 9.17) is 4.74 Å². The first-order chi connectivity index (χ1) is 9.55. The van der Waals surface area contributed by atoms with Gasteiger partial charge in [-0.2, -0.15) is 0 Å². The van der Waals surface area contributed by atoms with E-state index >= 15 is 0 Å². The molecular formula is C16H24N2O2. The zero-order valence-corrected chi connectivity index (χ0v) is 12.3. The third-order valence-corrected chi connectivity index (χ3v) is 3.60. The summed E-state index contributed by atoms with van der Waals surface area (Å²) >= 11 is 0. The van der Waals surface area contributed by atoms with Crippen molar-refractivity contribution >= 4 is 6.03 Å². The summed E-state index contributed by atoms with van der Waals surface area (Å²) in [7, 11) is 0. The van der Waals surface area contributed by atoms with Gasteiger partial charge >= 0.3 is 6.03 Å². The molecule has 1 atom stereocenters. The van der Waals surface area contributed by atoms with Crippen LogP contribution in [-0.4, -0.2) is 30.8 Å². The molecule has 1 saturated heterocycles. The van der Waals surface area contributed by atoms with E-state index in [2.05, 4.69) is 36.6 Å². The molecule has 4 heteroatoms. The van der Waals surface area contributed by atoms with Crippen LogP contribution >= 0.6 is 0 Å². The molecule has 20 heavy (non-hydrogen) atoms. The van der Waals surface area contributed by atoms with Gasteiger partial charge in [-0.3, -0.25) is 0 Å². The fourth-order valence-corrected chi connectivity index (χ4v) is 2.34. The Labute approximate surface area is 120 Å². The van der Waals surface area contributed by atoms with Crippen LogP contribution in [0.5, 0.6) is 0 Å². The molecule has 0 aromatic heterocycles. The number of carbonyl (C=O) groups excluding carboxylic acids is 1. The van der Waals surface area contributed by atoms with Crippen LogP contribution in [-0.2, 0) is 11.2 Å². The summed E-state index contributed by atoms with van der Waals surface area (Å²) in [5.74, 6) is 0. The number of benzene rings is 1. The smallest absolute Gasteiger partial charge is 0.315 e. The quantitative estimate of drug-likeness (QED) is 0.868. The molecule has 110 valence electrons. The lowest BCUT2D eigenvalue weighted by Crippen LogP contribution is -2.51. The molecule has 2 N–H and O–H groups in total. The van der Waals surface area contributed by atoms with Crippen LogP contribution in [0.3, 0.4) is 0 Å². The molecule has 1 fully saturated rings. The molecule has 1 aromatic carbocycles. The van der Waals surface area contributed by atoms with Gasteiger partial charge in [-0.05, 0) is 38.7 Å². The molecule has 0 radical (unpaired) electrons. The number of urea groups is 1. The number of rotatable bonds is 5. The highest BCUT2D eigenvalue weighted by Gasteiger charge is 2.23. The van der Waals surface area contributed by atoms with Gasteiger partial charge in [-0.1, -0.05) is 30.3 Å². The Hall–Kier alpha value is -1.55. The maximum absolute atomic E-state index is 11.9. The molecule has 1 unspecified atom stereocenters. The van der Waals surface area contributed by atoms with Crippen LogP contribution < -0.4 is 10.6 Å². The van der Waals surface area contributed by atoms with Gasteiger partial charge in [0.1, 0.15) is 0 Å². The average Bonchev–Trinajstić information content (AvgIpc) is 2.90. The number of nitrogens with one attached hydrogen (secondary N) is 2. The van der Waals surface area contributed by atoms with Gasteiger partial charge < -0.3 is 15.4 Å². The lowest BCUT2D eigenvalue weighted by Gasteiger charge is -2.27. The fraction of sp³-hybridized carbons (Fsp3) is 0.562. The lowest BCUT2D eigenvalue weighted by molar-refractivity contribution is 0.187.